The summed E-state index contributed by atoms with van der Waals surface area (Å²) in [5.41, 5.74) is 3.74. The molecule has 0 radical (unpaired) electrons. The van der Waals surface area contributed by atoms with Crippen molar-refractivity contribution in [3.63, 3.8) is 0 Å². The molecule has 0 bridgehead atoms. The van der Waals surface area contributed by atoms with Crippen molar-refractivity contribution >= 4 is 23.7 Å². The van der Waals surface area contributed by atoms with E-state index in [-0.39, 0.29) is 23.5 Å². The number of hydrogen-bond donors (Lipinski definition) is 1. The van der Waals surface area contributed by atoms with Gasteiger partial charge < -0.3 is 14.8 Å². The lowest BCUT2D eigenvalue weighted by Crippen LogP contribution is -2.49. The molecule has 2 aromatic carbocycles. The molecule has 0 saturated carbocycles. The Labute approximate surface area is 207 Å². The van der Waals surface area contributed by atoms with Crippen molar-refractivity contribution in [3.8, 4) is 0 Å². The van der Waals surface area contributed by atoms with Gasteiger partial charge in [0.15, 0.2) is 0 Å². The molecular formula is C29H33N3O3. The van der Waals surface area contributed by atoms with E-state index in [0.717, 1.165) is 11.1 Å². The highest BCUT2D eigenvalue weighted by Gasteiger charge is 2.26. The minimum Gasteiger partial charge on any atom is -0.347 e. The van der Waals surface area contributed by atoms with Gasteiger partial charge in [0, 0.05) is 38.0 Å². The Balaban J connectivity index is 1.69. The first-order valence-electron chi connectivity index (χ1n) is 11.7. The van der Waals surface area contributed by atoms with E-state index in [4.69, 9.17) is 0 Å². The van der Waals surface area contributed by atoms with Crippen LogP contribution in [0.2, 0.25) is 0 Å². The zero-order chi connectivity index (χ0) is 25.5. The van der Waals surface area contributed by atoms with E-state index in [1.165, 1.54) is 4.90 Å². The molecule has 6 heteroatoms. The molecule has 35 heavy (non-hydrogen) atoms. The minimum atomic E-state index is -0.588. The predicted molar refractivity (Wildman–Crippen MR) is 139 cm³/mol. The van der Waals surface area contributed by atoms with Crippen LogP contribution in [0, 0.1) is 12.8 Å². The molecule has 1 atom stereocenters. The third-order valence-electron chi connectivity index (χ3n) is 5.80. The first-order valence-corrected chi connectivity index (χ1v) is 11.7. The molecule has 1 heterocycles. The highest BCUT2D eigenvalue weighted by molar-refractivity contribution is 6.08. The quantitative estimate of drug-likeness (QED) is 0.464. The molecule has 0 aliphatic carbocycles. The van der Waals surface area contributed by atoms with Gasteiger partial charge in [-0.25, -0.2) is 0 Å². The fourth-order valence-corrected chi connectivity index (χ4v) is 3.73. The van der Waals surface area contributed by atoms with Crippen molar-refractivity contribution in [2.24, 2.45) is 5.92 Å². The number of carbonyl (C=O) groups is 3. The number of nitrogens with zero attached hydrogens (tertiary/aromatic N) is 2. The van der Waals surface area contributed by atoms with Gasteiger partial charge in [0.25, 0.3) is 5.91 Å². The summed E-state index contributed by atoms with van der Waals surface area (Å²) in [7, 11) is 3.36. The molecule has 0 spiro atoms. The van der Waals surface area contributed by atoms with Gasteiger partial charge in [-0.2, -0.15) is 0 Å². The number of benzene rings is 2. The van der Waals surface area contributed by atoms with E-state index >= 15 is 0 Å². The highest BCUT2D eigenvalue weighted by atomic mass is 16.2. The summed E-state index contributed by atoms with van der Waals surface area (Å²) < 4.78 is 1.90. The topological polar surface area (TPSA) is 71.4 Å². The first kappa shape index (κ1) is 25.7. The van der Waals surface area contributed by atoms with Crippen LogP contribution in [0.1, 0.15) is 51.4 Å². The fourth-order valence-electron chi connectivity index (χ4n) is 3.73. The normalized spacial score (nSPS) is 12.1. The fraction of sp³-hybridized carbons (Fsp3) is 0.276. The Morgan fingerprint density at radius 3 is 2.34 bits per heavy atom. The zero-order valence-electron chi connectivity index (χ0n) is 21.0. The summed E-state index contributed by atoms with van der Waals surface area (Å²) in [5.74, 6) is -0.470. The van der Waals surface area contributed by atoms with Crippen LogP contribution < -0.4 is 5.32 Å². The Morgan fingerprint density at radius 2 is 1.69 bits per heavy atom. The minimum absolute atomic E-state index is 0.0194. The molecular weight excluding hydrogens is 438 g/mol. The molecule has 1 aromatic heterocycles. The lowest BCUT2D eigenvalue weighted by molar-refractivity contribution is -0.131. The molecule has 6 nitrogen and oxygen atoms in total. The Bertz CT molecular complexity index is 1220. The van der Waals surface area contributed by atoms with Crippen LogP contribution >= 0.6 is 0 Å². The third-order valence-corrected chi connectivity index (χ3v) is 5.80. The Kier molecular flexibility index (Phi) is 8.42. The predicted octanol–water partition coefficient (Wildman–Crippen LogP) is 4.58. The van der Waals surface area contributed by atoms with Gasteiger partial charge in [0.2, 0.25) is 11.7 Å². The van der Waals surface area contributed by atoms with Gasteiger partial charge >= 0.3 is 0 Å². The summed E-state index contributed by atoms with van der Waals surface area (Å²) in [5, 5.41) is 2.86. The lowest BCUT2D eigenvalue weighted by atomic mass is 10.0. The maximum atomic E-state index is 12.9. The summed E-state index contributed by atoms with van der Waals surface area (Å²) in [6.45, 7) is 6.32. The van der Waals surface area contributed by atoms with Crippen molar-refractivity contribution in [1.29, 1.82) is 0 Å². The van der Waals surface area contributed by atoms with Crippen LogP contribution in [0.15, 0.2) is 72.9 Å². The van der Waals surface area contributed by atoms with Crippen LogP contribution in [0.25, 0.3) is 6.08 Å². The number of allylic oxidation sites excluding steroid dienone is 1. The molecule has 1 N–H and O–H groups in total. The summed E-state index contributed by atoms with van der Waals surface area (Å²) in [6.07, 6.45) is 5.75. The summed E-state index contributed by atoms with van der Waals surface area (Å²) in [4.78, 5) is 39.6. The van der Waals surface area contributed by atoms with Gasteiger partial charge in [0.1, 0.15) is 6.04 Å². The van der Waals surface area contributed by atoms with Crippen molar-refractivity contribution in [3.05, 3.63) is 101 Å². The molecule has 0 fully saturated rings. The molecule has 0 aliphatic heterocycles. The smallest absolute Gasteiger partial charge is 0.251 e. The number of amides is 2. The second kappa shape index (κ2) is 11.5. The van der Waals surface area contributed by atoms with Gasteiger partial charge in [-0.05, 0) is 42.7 Å². The second-order valence-corrected chi connectivity index (χ2v) is 9.20. The van der Waals surface area contributed by atoms with E-state index in [1.807, 2.05) is 92.2 Å². The number of nitrogens with one attached hydrogen (secondary N) is 1. The van der Waals surface area contributed by atoms with Crippen molar-refractivity contribution < 1.29 is 14.4 Å². The molecule has 2 amide bonds. The number of likely N-dealkylation sites (N-methyl/N-ethyl adjacent to an activating group) is 1. The second-order valence-electron chi connectivity index (χ2n) is 9.20. The van der Waals surface area contributed by atoms with Crippen LogP contribution in [0.5, 0.6) is 0 Å². The largest absolute Gasteiger partial charge is 0.347 e. The SMILES string of the molecule is Cc1ccc(C(=O)c2cccn2C/C=C/c2cccc(C(=O)N[C@H](C(=O)N(C)C)C(C)C)c2)cc1. The molecule has 182 valence electrons. The van der Waals surface area contributed by atoms with Crippen molar-refractivity contribution in [2.75, 3.05) is 14.1 Å². The van der Waals surface area contributed by atoms with E-state index in [0.29, 0.717) is 23.4 Å². The lowest BCUT2D eigenvalue weighted by Gasteiger charge is -2.24. The van der Waals surface area contributed by atoms with Crippen LogP contribution in [0.4, 0.5) is 0 Å². The number of aryl methyl sites for hydroxylation is 1. The Morgan fingerprint density at radius 1 is 0.971 bits per heavy atom. The number of hydrogen-bond acceptors (Lipinski definition) is 3. The Hall–Kier alpha value is -3.93. The first-order chi connectivity index (χ1) is 16.7. The van der Waals surface area contributed by atoms with E-state index in [1.54, 1.807) is 26.2 Å². The maximum Gasteiger partial charge on any atom is 0.251 e. The molecule has 0 aliphatic rings. The van der Waals surface area contributed by atoms with E-state index in [2.05, 4.69) is 5.32 Å². The van der Waals surface area contributed by atoms with Gasteiger partial charge in [-0.3, -0.25) is 14.4 Å². The van der Waals surface area contributed by atoms with Crippen LogP contribution in [0.3, 0.4) is 0 Å². The van der Waals surface area contributed by atoms with Gasteiger partial charge in [-0.1, -0.05) is 68.0 Å². The number of rotatable bonds is 9. The zero-order valence-corrected chi connectivity index (χ0v) is 21.0. The third kappa shape index (κ3) is 6.57. The van der Waals surface area contributed by atoms with Gasteiger partial charge in [0.05, 0.1) is 5.69 Å². The van der Waals surface area contributed by atoms with E-state index < -0.39 is 6.04 Å². The molecule has 3 aromatic rings. The van der Waals surface area contributed by atoms with E-state index in [9.17, 15) is 14.4 Å². The highest BCUT2D eigenvalue weighted by Crippen LogP contribution is 2.14. The monoisotopic (exact) mass is 471 g/mol. The number of ketones is 1. The maximum absolute atomic E-state index is 12.9. The average Bonchev–Trinajstić information content (AvgIpc) is 3.30. The summed E-state index contributed by atoms with van der Waals surface area (Å²) >= 11 is 0. The van der Waals surface area contributed by atoms with Crippen LogP contribution in [-0.2, 0) is 11.3 Å². The molecule has 3 rings (SSSR count). The van der Waals surface area contributed by atoms with Gasteiger partial charge in [-0.15, -0.1) is 0 Å². The summed E-state index contributed by atoms with van der Waals surface area (Å²) in [6, 6.07) is 17.9. The van der Waals surface area contributed by atoms with Crippen LogP contribution in [-0.4, -0.2) is 47.2 Å². The van der Waals surface area contributed by atoms with Crippen molar-refractivity contribution in [2.45, 2.75) is 33.4 Å². The standard InChI is InChI=1S/C29H33N3O3/c1-20(2)26(29(35)31(4)5)30-28(34)24-11-6-9-22(19-24)10-7-17-32-18-8-12-25(32)27(33)23-15-13-21(3)14-16-23/h6-16,18-20,26H,17H2,1-5H3,(H,30,34)/b10-7+/t26-/m0/s1. The number of aromatic nitrogens is 1. The molecule has 0 saturated heterocycles. The van der Waals surface area contributed by atoms with Crippen molar-refractivity contribution in [1.82, 2.24) is 14.8 Å². The number of carbonyl (C=O) groups excluding carboxylic acids is 3. The average molecular weight is 472 g/mol. The molecule has 0 unspecified atom stereocenters.